The molecule has 0 saturated heterocycles. The van der Waals surface area contributed by atoms with Gasteiger partial charge in [-0.3, -0.25) is 0 Å². The molecule has 0 radical (unpaired) electrons. The Morgan fingerprint density at radius 2 is 1.44 bits per heavy atom. The number of benzene rings is 3. The third-order valence-corrected chi connectivity index (χ3v) is 13.3. The lowest BCUT2D eigenvalue weighted by Crippen LogP contribution is -2.09. The molecule has 3 aromatic rings. The highest BCUT2D eigenvalue weighted by molar-refractivity contribution is 8.80. The van der Waals surface area contributed by atoms with Gasteiger partial charge in [0.15, 0.2) is 5.47 Å². The fraction of sp³-hybridized carbons (Fsp3) is 0. The molecular weight excluding hydrogens is 387 g/mol. The third kappa shape index (κ3) is 4.19. The molecular formula is C20H18ClOPS2. The van der Waals surface area contributed by atoms with Gasteiger partial charge < -0.3 is 4.52 Å². The van der Waals surface area contributed by atoms with Crippen molar-refractivity contribution in [3.63, 3.8) is 0 Å². The number of hydrogen-bond donors (Lipinski definition) is 1. The van der Waals surface area contributed by atoms with E-state index in [1.54, 1.807) is 0 Å². The van der Waals surface area contributed by atoms with E-state index in [0.29, 0.717) is 5.02 Å². The highest BCUT2D eigenvalue weighted by Gasteiger charge is 2.29. The molecule has 0 bridgehead atoms. The zero-order chi connectivity index (χ0) is 17.7. The monoisotopic (exact) mass is 404 g/mol. The molecule has 0 aliphatic carbocycles. The van der Waals surface area contributed by atoms with Crippen LogP contribution in [0.2, 0.25) is 5.02 Å². The van der Waals surface area contributed by atoms with Crippen molar-refractivity contribution in [3.8, 4) is 5.75 Å². The molecule has 0 spiro atoms. The van der Waals surface area contributed by atoms with Crippen molar-refractivity contribution in [2.45, 2.75) is 4.90 Å². The molecule has 0 heterocycles. The first kappa shape index (κ1) is 18.3. The predicted octanol–water partition coefficient (Wildman–Crippen LogP) is 6.56. The summed E-state index contributed by atoms with van der Waals surface area (Å²) in [5.41, 5.74) is -2.40. The van der Waals surface area contributed by atoms with Crippen LogP contribution >= 0.6 is 27.6 Å². The minimum atomic E-state index is -2.40. The van der Waals surface area contributed by atoms with Crippen LogP contribution in [-0.4, -0.2) is 0 Å². The fourth-order valence-electron chi connectivity index (χ4n) is 2.42. The molecule has 128 valence electrons. The Balaban J connectivity index is 2.10. The van der Waals surface area contributed by atoms with Crippen LogP contribution in [0.25, 0.3) is 0 Å². The molecule has 0 aliphatic heterocycles. The quantitative estimate of drug-likeness (QED) is 0.368. The lowest BCUT2D eigenvalue weighted by molar-refractivity contribution is 0.632. The molecule has 0 fully saturated rings. The predicted molar refractivity (Wildman–Crippen MR) is 116 cm³/mol. The number of thiol groups is 1. The highest BCUT2D eigenvalue weighted by atomic mass is 35.5. The number of halogens is 1. The van der Waals surface area contributed by atoms with E-state index < -0.39 is 16.0 Å². The first-order valence-corrected chi connectivity index (χ1v) is 12.9. The Hall–Kier alpha value is -1.51. The van der Waals surface area contributed by atoms with Gasteiger partial charge in [0.25, 0.3) is 0 Å². The molecule has 0 saturated carbocycles. The second-order valence-corrected chi connectivity index (χ2v) is 14.3. The maximum absolute atomic E-state index is 6.48. The summed E-state index contributed by atoms with van der Waals surface area (Å²) in [5.74, 6) is 0.738. The van der Waals surface area contributed by atoms with Gasteiger partial charge in [0.2, 0.25) is 0 Å². The van der Waals surface area contributed by atoms with Gasteiger partial charge in [-0.1, -0.05) is 54.6 Å². The lowest BCUT2D eigenvalue weighted by atomic mass is 10.3. The summed E-state index contributed by atoms with van der Waals surface area (Å²) in [6.07, 6.45) is 0. The molecule has 25 heavy (non-hydrogen) atoms. The number of hydrogen-bond acceptors (Lipinski definition) is 2. The van der Waals surface area contributed by atoms with Crippen LogP contribution in [0.1, 0.15) is 0 Å². The SMILES string of the molecule is C=C[SH](c1ccccc1)P(=S)(Oc1ccc(Cl)cc1)c1ccccc1. The van der Waals surface area contributed by atoms with Gasteiger partial charge in [-0.2, -0.15) is 0 Å². The minimum Gasteiger partial charge on any atom is -0.454 e. The molecule has 2 atom stereocenters. The maximum Gasteiger partial charge on any atom is 0.185 e. The van der Waals surface area contributed by atoms with Crippen LogP contribution in [0, 0.1) is 0 Å². The Morgan fingerprint density at radius 1 is 0.880 bits per heavy atom. The maximum atomic E-state index is 6.48. The average Bonchev–Trinajstić information content (AvgIpc) is 2.66. The van der Waals surface area contributed by atoms with Crippen molar-refractivity contribution < 1.29 is 4.52 Å². The molecule has 3 rings (SSSR count). The molecule has 0 amide bonds. The summed E-state index contributed by atoms with van der Waals surface area (Å²) < 4.78 is 6.48. The summed E-state index contributed by atoms with van der Waals surface area (Å²) in [7, 11) is -0.872. The molecule has 0 aliphatic rings. The standard InChI is InChI=1S/C20H18ClOPS2/c1-2-25(20-11-7-4-8-12-20)23(24,19-9-5-3-6-10-19)22-18-15-13-17(21)14-16-18/h2-16,25H,1H2. The first-order chi connectivity index (χ1) is 12.1. The summed E-state index contributed by atoms with van der Waals surface area (Å²) in [6.45, 7) is 4.07. The lowest BCUT2D eigenvalue weighted by Gasteiger charge is -2.33. The normalized spacial score (nSPS) is 15.0. The zero-order valence-electron chi connectivity index (χ0n) is 13.5. The minimum absolute atomic E-state index is 0.675. The van der Waals surface area contributed by atoms with E-state index in [1.165, 1.54) is 4.90 Å². The Kier molecular flexibility index (Phi) is 6.03. The van der Waals surface area contributed by atoms with Gasteiger partial charge >= 0.3 is 0 Å². The van der Waals surface area contributed by atoms with Crippen LogP contribution in [0.5, 0.6) is 5.75 Å². The van der Waals surface area contributed by atoms with Crippen molar-refractivity contribution in [1.29, 1.82) is 0 Å². The van der Waals surface area contributed by atoms with E-state index in [9.17, 15) is 0 Å². The molecule has 0 N–H and O–H groups in total. The second-order valence-electron chi connectivity index (χ2n) is 5.26. The largest absolute Gasteiger partial charge is 0.454 e. The van der Waals surface area contributed by atoms with E-state index in [2.05, 4.69) is 30.8 Å². The van der Waals surface area contributed by atoms with Crippen molar-refractivity contribution in [2.24, 2.45) is 0 Å². The van der Waals surface area contributed by atoms with E-state index in [-0.39, 0.29) is 0 Å². The number of rotatable bonds is 6. The van der Waals surface area contributed by atoms with Gasteiger partial charge in [-0.15, -0.1) is 10.5 Å². The van der Waals surface area contributed by atoms with Gasteiger partial charge in [0, 0.05) is 10.3 Å². The smallest absolute Gasteiger partial charge is 0.185 e. The first-order valence-electron chi connectivity index (χ1n) is 7.71. The molecule has 0 aromatic heterocycles. The van der Waals surface area contributed by atoms with Crippen molar-refractivity contribution in [1.82, 2.24) is 0 Å². The van der Waals surface area contributed by atoms with Crippen molar-refractivity contribution in [2.75, 3.05) is 0 Å². The Labute approximate surface area is 161 Å². The topological polar surface area (TPSA) is 9.23 Å². The van der Waals surface area contributed by atoms with Crippen molar-refractivity contribution >= 4 is 44.7 Å². The van der Waals surface area contributed by atoms with Crippen molar-refractivity contribution in [3.05, 3.63) is 102 Å². The van der Waals surface area contributed by atoms with E-state index in [4.69, 9.17) is 27.9 Å². The summed E-state index contributed by atoms with van der Waals surface area (Å²) >= 11 is 12.2. The molecule has 1 nitrogen and oxygen atoms in total. The highest BCUT2D eigenvalue weighted by Crippen LogP contribution is 2.72. The second kappa shape index (κ2) is 8.25. The van der Waals surface area contributed by atoms with Crippen LogP contribution in [0.15, 0.2) is 102 Å². The van der Waals surface area contributed by atoms with E-state index in [0.717, 1.165) is 11.1 Å². The molecule has 2 unspecified atom stereocenters. The van der Waals surface area contributed by atoms with Gasteiger partial charge in [-0.25, -0.2) is 0 Å². The van der Waals surface area contributed by atoms with Crippen LogP contribution in [0.4, 0.5) is 0 Å². The molecule has 5 heteroatoms. The van der Waals surface area contributed by atoms with Gasteiger partial charge in [-0.05, 0) is 70.6 Å². The summed E-state index contributed by atoms with van der Waals surface area (Å²) in [6, 6.07) is 27.7. The van der Waals surface area contributed by atoms with E-state index >= 15 is 0 Å². The zero-order valence-corrected chi connectivity index (χ0v) is 16.8. The fourth-order valence-corrected chi connectivity index (χ4v) is 10.9. The Bertz CT molecular complexity index is 883. The van der Waals surface area contributed by atoms with Crippen LogP contribution < -0.4 is 9.83 Å². The third-order valence-electron chi connectivity index (χ3n) is 3.60. The van der Waals surface area contributed by atoms with Crippen LogP contribution in [0.3, 0.4) is 0 Å². The molecule has 3 aromatic carbocycles. The summed E-state index contributed by atoms with van der Waals surface area (Å²) in [4.78, 5) is 1.17. The average molecular weight is 405 g/mol. The van der Waals surface area contributed by atoms with Crippen LogP contribution in [-0.2, 0) is 11.8 Å². The van der Waals surface area contributed by atoms with Gasteiger partial charge in [0.1, 0.15) is 5.75 Å². The van der Waals surface area contributed by atoms with Gasteiger partial charge in [0.05, 0.1) is 0 Å². The van der Waals surface area contributed by atoms with E-state index in [1.807, 2.05) is 66.1 Å². The summed E-state index contributed by atoms with van der Waals surface area (Å²) in [5, 5.41) is 3.69. The Morgan fingerprint density at radius 3 is 2.00 bits per heavy atom.